The van der Waals surface area contributed by atoms with Gasteiger partial charge in [-0.3, -0.25) is 9.59 Å². The van der Waals surface area contributed by atoms with Gasteiger partial charge in [0.15, 0.2) is 0 Å². The maximum absolute atomic E-state index is 11.9. The van der Waals surface area contributed by atoms with Crippen LogP contribution in [0.5, 0.6) is 0 Å². The fraction of sp³-hybridized carbons (Fsp3) is 0.857. The van der Waals surface area contributed by atoms with Crippen LogP contribution in [0, 0.1) is 23.7 Å². The van der Waals surface area contributed by atoms with E-state index in [9.17, 15) is 9.59 Å². The minimum absolute atomic E-state index is 0.222. The summed E-state index contributed by atoms with van der Waals surface area (Å²) < 4.78 is 0. The van der Waals surface area contributed by atoms with Crippen LogP contribution in [-0.4, -0.2) is 35.0 Å². The summed E-state index contributed by atoms with van der Waals surface area (Å²) in [6.07, 6.45) is 6.04. The van der Waals surface area contributed by atoms with Crippen molar-refractivity contribution >= 4 is 11.9 Å². The molecule has 1 N–H and O–H groups in total. The van der Waals surface area contributed by atoms with Gasteiger partial charge < -0.3 is 10.0 Å². The van der Waals surface area contributed by atoms with Crippen molar-refractivity contribution in [2.24, 2.45) is 23.7 Å². The topological polar surface area (TPSA) is 57.6 Å². The molecule has 4 fully saturated rings. The smallest absolute Gasteiger partial charge is 0.312 e. The maximum atomic E-state index is 11.9. The van der Waals surface area contributed by atoms with Crippen molar-refractivity contribution in [2.45, 2.75) is 44.6 Å². The van der Waals surface area contributed by atoms with Crippen LogP contribution in [-0.2, 0) is 9.59 Å². The minimum Gasteiger partial charge on any atom is -0.481 e. The molecule has 4 aliphatic rings. The van der Waals surface area contributed by atoms with Gasteiger partial charge in [-0.1, -0.05) is 0 Å². The fourth-order valence-corrected chi connectivity index (χ4v) is 4.95. The standard InChI is InChI=1S/C14H21NO3/c1-15(12(16)7-13(17)18)14-10-3-8-2-9(5-10)6-11(14)4-8/h8-11,14H,2-7H2,1H3,(H,17,18). The molecule has 0 heterocycles. The van der Waals surface area contributed by atoms with Crippen LogP contribution in [0.3, 0.4) is 0 Å². The molecule has 4 saturated carbocycles. The van der Waals surface area contributed by atoms with Gasteiger partial charge in [-0.05, 0) is 55.8 Å². The zero-order valence-electron chi connectivity index (χ0n) is 10.8. The highest BCUT2D eigenvalue weighted by Gasteiger charge is 2.50. The van der Waals surface area contributed by atoms with Crippen LogP contribution in [0.2, 0.25) is 0 Å². The molecule has 0 aromatic rings. The van der Waals surface area contributed by atoms with Crippen LogP contribution >= 0.6 is 0 Å². The number of rotatable bonds is 3. The summed E-state index contributed by atoms with van der Waals surface area (Å²) in [6.45, 7) is 0. The summed E-state index contributed by atoms with van der Waals surface area (Å²) in [5.41, 5.74) is 0. The van der Waals surface area contributed by atoms with Gasteiger partial charge in [0.1, 0.15) is 6.42 Å². The third-order valence-electron chi connectivity index (χ3n) is 5.32. The van der Waals surface area contributed by atoms with Gasteiger partial charge in [-0.2, -0.15) is 0 Å². The number of nitrogens with zero attached hydrogens (tertiary/aromatic N) is 1. The number of hydrogen-bond donors (Lipinski definition) is 1. The largest absolute Gasteiger partial charge is 0.481 e. The van der Waals surface area contributed by atoms with Crippen molar-refractivity contribution in [3.63, 3.8) is 0 Å². The number of carboxylic acids is 1. The highest BCUT2D eigenvalue weighted by Crippen LogP contribution is 2.54. The number of carboxylic acid groups (broad SMARTS) is 1. The average molecular weight is 251 g/mol. The van der Waals surface area contributed by atoms with E-state index in [1.165, 1.54) is 32.1 Å². The molecule has 4 bridgehead atoms. The third-order valence-corrected chi connectivity index (χ3v) is 5.32. The van der Waals surface area contributed by atoms with Gasteiger partial charge in [0, 0.05) is 13.1 Å². The lowest BCUT2D eigenvalue weighted by Gasteiger charge is -2.56. The number of carbonyl (C=O) groups excluding carboxylic acids is 1. The molecule has 4 aliphatic carbocycles. The van der Waals surface area contributed by atoms with E-state index in [0.29, 0.717) is 17.9 Å². The molecule has 18 heavy (non-hydrogen) atoms. The lowest BCUT2D eigenvalue weighted by Crippen LogP contribution is -2.56. The third kappa shape index (κ3) is 1.91. The second kappa shape index (κ2) is 4.25. The first kappa shape index (κ1) is 12.0. The zero-order valence-corrected chi connectivity index (χ0v) is 10.8. The van der Waals surface area contributed by atoms with Crippen molar-refractivity contribution in [3.8, 4) is 0 Å². The van der Waals surface area contributed by atoms with Crippen LogP contribution in [0.4, 0.5) is 0 Å². The molecule has 0 aliphatic heterocycles. The molecule has 100 valence electrons. The average Bonchev–Trinajstić information content (AvgIpc) is 2.26. The highest BCUT2D eigenvalue weighted by atomic mass is 16.4. The predicted octanol–water partition coefficient (Wildman–Crippen LogP) is 1.74. The van der Waals surface area contributed by atoms with E-state index in [-0.39, 0.29) is 12.3 Å². The highest BCUT2D eigenvalue weighted by molar-refractivity contribution is 5.93. The van der Waals surface area contributed by atoms with Crippen molar-refractivity contribution in [2.75, 3.05) is 7.05 Å². The van der Waals surface area contributed by atoms with Crippen molar-refractivity contribution in [1.29, 1.82) is 0 Å². The molecule has 0 unspecified atom stereocenters. The first-order chi connectivity index (χ1) is 8.54. The molecule has 0 saturated heterocycles. The molecular formula is C14H21NO3. The lowest BCUT2D eigenvalue weighted by atomic mass is 9.54. The van der Waals surface area contributed by atoms with E-state index in [1.807, 2.05) is 0 Å². The van der Waals surface area contributed by atoms with E-state index < -0.39 is 5.97 Å². The Morgan fingerprint density at radius 2 is 1.56 bits per heavy atom. The van der Waals surface area contributed by atoms with Crippen LogP contribution < -0.4 is 0 Å². The second-order valence-corrected chi connectivity index (χ2v) is 6.50. The Hall–Kier alpha value is -1.06. The first-order valence-electron chi connectivity index (χ1n) is 7.02. The van der Waals surface area contributed by atoms with E-state index in [2.05, 4.69) is 0 Å². The summed E-state index contributed by atoms with van der Waals surface area (Å²) in [7, 11) is 1.80. The molecule has 0 aromatic heterocycles. The molecule has 4 rings (SSSR count). The van der Waals surface area contributed by atoms with Crippen molar-refractivity contribution in [3.05, 3.63) is 0 Å². The number of aliphatic carboxylic acids is 1. The summed E-state index contributed by atoms with van der Waals surface area (Å²) in [6, 6.07) is 0.310. The second-order valence-electron chi connectivity index (χ2n) is 6.50. The van der Waals surface area contributed by atoms with Gasteiger partial charge in [-0.15, -0.1) is 0 Å². The predicted molar refractivity (Wildman–Crippen MR) is 65.9 cm³/mol. The van der Waals surface area contributed by atoms with E-state index in [1.54, 1.807) is 11.9 Å². The Balaban J connectivity index is 1.72. The SMILES string of the molecule is CN(C(=O)CC(=O)O)C1C2CC3CC(C2)CC1C3. The van der Waals surface area contributed by atoms with Crippen LogP contribution in [0.25, 0.3) is 0 Å². The number of hydrogen-bond acceptors (Lipinski definition) is 2. The Bertz CT molecular complexity index is 351. The lowest BCUT2D eigenvalue weighted by molar-refractivity contribution is -0.149. The maximum Gasteiger partial charge on any atom is 0.312 e. The van der Waals surface area contributed by atoms with Crippen LogP contribution in [0.1, 0.15) is 38.5 Å². The molecule has 0 spiro atoms. The van der Waals surface area contributed by atoms with Crippen molar-refractivity contribution in [1.82, 2.24) is 4.90 Å². The Morgan fingerprint density at radius 1 is 1.06 bits per heavy atom. The molecule has 1 amide bonds. The van der Waals surface area contributed by atoms with E-state index >= 15 is 0 Å². The zero-order chi connectivity index (χ0) is 12.9. The van der Waals surface area contributed by atoms with Gasteiger partial charge in [0.05, 0.1) is 0 Å². The molecule has 0 atom stereocenters. The first-order valence-corrected chi connectivity index (χ1v) is 7.02. The normalized spacial score (nSPS) is 40.8. The van der Waals surface area contributed by atoms with Crippen LogP contribution in [0.15, 0.2) is 0 Å². The molecule has 0 radical (unpaired) electrons. The quantitative estimate of drug-likeness (QED) is 0.777. The molecular weight excluding hydrogens is 230 g/mol. The van der Waals surface area contributed by atoms with Crippen molar-refractivity contribution < 1.29 is 14.7 Å². The Labute approximate surface area is 107 Å². The van der Waals surface area contributed by atoms with Gasteiger partial charge >= 0.3 is 5.97 Å². The summed E-state index contributed by atoms with van der Waals surface area (Å²) in [5, 5.41) is 8.74. The molecule has 4 nitrogen and oxygen atoms in total. The minimum atomic E-state index is -1.02. The summed E-state index contributed by atoms with van der Waals surface area (Å²) in [4.78, 5) is 24.3. The number of amides is 1. The molecule has 4 heteroatoms. The summed E-state index contributed by atoms with van der Waals surface area (Å²) in [5.74, 6) is 1.78. The van der Waals surface area contributed by atoms with E-state index in [4.69, 9.17) is 5.11 Å². The van der Waals surface area contributed by atoms with Gasteiger partial charge in [0.25, 0.3) is 0 Å². The van der Waals surface area contributed by atoms with Gasteiger partial charge in [0.2, 0.25) is 5.91 Å². The Morgan fingerprint density at radius 3 is 2.00 bits per heavy atom. The summed E-state index contributed by atoms with van der Waals surface area (Å²) >= 11 is 0. The monoisotopic (exact) mass is 251 g/mol. The Kier molecular flexibility index (Phi) is 2.83. The molecule has 0 aromatic carbocycles. The fourth-order valence-electron chi connectivity index (χ4n) is 4.95. The van der Waals surface area contributed by atoms with Gasteiger partial charge in [-0.25, -0.2) is 0 Å². The van der Waals surface area contributed by atoms with E-state index in [0.717, 1.165) is 11.8 Å². The number of carbonyl (C=O) groups is 2.